The molecule has 28 heavy (non-hydrogen) atoms. The maximum atomic E-state index is 12.6. The number of nitrogens with one attached hydrogen (secondary N) is 2. The lowest BCUT2D eigenvalue weighted by molar-refractivity contribution is 0.102. The molecule has 7 heteroatoms. The summed E-state index contributed by atoms with van der Waals surface area (Å²) in [5.74, 6) is 2.49. The van der Waals surface area contributed by atoms with E-state index in [9.17, 15) is 4.79 Å². The Morgan fingerprint density at radius 2 is 1.89 bits per heavy atom. The van der Waals surface area contributed by atoms with Gasteiger partial charge in [-0.2, -0.15) is 0 Å². The zero-order chi connectivity index (χ0) is 19.3. The molecule has 0 unspecified atom stereocenters. The smallest absolute Gasteiger partial charge is 0.255 e. The molecule has 2 N–H and O–H groups in total. The second kappa shape index (κ2) is 7.87. The molecule has 1 aromatic heterocycles. The third-order valence-electron chi connectivity index (χ3n) is 4.29. The highest BCUT2D eigenvalue weighted by molar-refractivity contribution is 6.04. The van der Waals surface area contributed by atoms with E-state index in [4.69, 9.17) is 14.2 Å². The molecule has 0 fully saturated rings. The van der Waals surface area contributed by atoms with Crippen molar-refractivity contribution in [2.24, 2.45) is 0 Å². The highest BCUT2D eigenvalue weighted by Gasteiger charge is 2.15. The fourth-order valence-corrected chi connectivity index (χ4v) is 2.78. The fraction of sp³-hybridized carbons (Fsp3) is 0.143. The first-order valence-electron chi connectivity index (χ1n) is 8.75. The Kier molecular flexibility index (Phi) is 4.97. The number of fused-ring (bicyclic) bond motifs is 1. The van der Waals surface area contributed by atoms with Gasteiger partial charge in [0.05, 0.1) is 7.11 Å². The third kappa shape index (κ3) is 3.98. The fourth-order valence-electron chi connectivity index (χ4n) is 2.78. The molecule has 0 spiro atoms. The van der Waals surface area contributed by atoms with Crippen molar-refractivity contribution in [3.05, 3.63) is 71.9 Å². The second-order valence-electron chi connectivity index (χ2n) is 6.15. The minimum absolute atomic E-state index is 0.195. The van der Waals surface area contributed by atoms with Crippen molar-refractivity contribution < 1.29 is 19.0 Å². The first kappa shape index (κ1) is 17.7. The number of nitrogens with zero attached hydrogens (tertiary/aromatic N) is 1. The molecule has 0 saturated heterocycles. The number of aromatic nitrogens is 1. The van der Waals surface area contributed by atoms with E-state index in [2.05, 4.69) is 15.6 Å². The van der Waals surface area contributed by atoms with Gasteiger partial charge < -0.3 is 24.8 Å². The zero-order valence-corrected chi connectivity index (χ0v) is 15.3. The van der Waals surface area contributed by atoms with Crippen LogP contribution in [0.15, 0.2) is 60.8 Å². The molecule has 3 aromatic rings. The van der Waals surface area contributed by atoms with E-state index in [0.717, 1.165) is 11.3 Å². The van der Waals surface area contributed by atoms with E-state index in [1.54, 1.807) is 43.6 Å². The van der Waals surface area contributed by atoms with Gasteiger partial charge >= 0.3 is 0 Å². The van der Waals surface area contributed by atoms with Gasteiger partial charge in [0.2, 0.25) is 6.79 Å². The number of benzene rings is 2. The molecule has 4 rings (SSSR count). The molecule has 7 nitrogen and oxygen atoms in total. The summed E-state index contributed by atoms with van der Waals surface area (Å²) in [5, 5.41) is 6.08. The summed E-state index contributed by atoms with van der Waals surface area (Å²) >= 11 is 0. The summed E-state index contributed by atoms with van der Waals surface area (Å²) in [6, 6.07) is 16.4. The van der Waals surface area contributed by atoms with Crippen LogP contribution in [0.1, 0.15) is 15.9 Å². The number of carbonyl (C=O) groups excluding carboxylic acids is 1. The molecule has 0 radical (unpaired) electrons. The number of rotatable bonds is 6. The number of amides is 1. The standard InChI is InChI=1S/C21H19N3O4/c1-26-17-5-2-14(3-6-17)12-23-20-10-15(8-9-22-20)21(25)24-16-4-7-18-19(11-16)28-13-27-18/h2-11H,12-13H2,1H3,(H,22,23)(H,24,25). The van der Waals surface area contributed by atoms with Crippen LogP contribution in [0.2, 0.25) is 0 Å². The highest BCUT2D eigenvalue weighted by Crippen LogP contribution is 2.34. The van der Waals surface area contributed by atoms with Gasteiger partial charge in [-0.25, -0.2) is 4.98 Å². The zero-order valence-electron chi connectivity index (χ0n) is 15.3. The minimum Gasteiger partial charge on any atom is -0.497 e. The number of pyridine rings is 1. The van der Waals surface area contributed by atoms with Crippen molar-refractivity contribution in [2.45, 2.75) is 6.54 Å². The second-order valence-corrected chi connectivity index (χ2v) is 6.15. The summed E-state index contributed by atoms with van der Waals surface area (Å²) in [6.45, 7) is 0.782. The van der Waals surface area contributed by atoms with Gasteiger partial charge in [-0.15, -0.1) is 0 Å². The van der Waals surface area contributed by atoms with Crippen molar-refractivity contribution in [1.29, 1.82) is 0 Å². The first-order chi connectivity index (χ1) is 13.7. The molecule has 0 bridgehead atoms. The molecular formula is C21H19N3O4. The lowest BCUT2D eigenvalue weighted by atomic mass is 10.2. The van der Waals surface area contributed by atoms with E-state index < -0.39 is 0 Å². The van der Waals surface area contributed by atoms with Gasteiger partial charge in [0.25, 0.3) is 5.91 Å². The molecule has 142 valence electrons. The summed E-state index contributed by atoms with van der Waals surface area (Å²) in [4.78, 5) is 16.8. The van der Waals surface area contributed by atoms with Crippen LogP contribution >= 0.6 is 0 Å². The van der Waals surface area contributed by atoms with Crippen molar-refractivity contribution in [2.75, 3.05) is 24.5 Å². The molecular weight excluding hydrogens is 358 g/mol. The number of hydrogen-bond acceptors (Lipinski definition) is 6. The van der Waals surface area contributed by atoms with E-state index in [0.29, 0.717) is 35.1 Å². The maximum absolute atomic E-state index is 12.6. The molecule has 2 heterocycles. The molecule has 0 aliphatic carbocycles. The lowest BCUT2D eigenvalue weighted by Gasteiger charge is -2.09. The van der Waals surface area contributed by atoms with Gasteiger partial charge in [0.1, 0.15) is 11.6 Å². The summed E-state index contributed by atoms with van der Waals surface area (Å²) < 4.78 is 15.8. The Morgan fingerprint density at radius 1 is 1.07 bits per heavy atom. The molecule has 2 aromatic carbocycles. The van der Waals surface area contributed by atoms with Crippen LogP contribution in [0, 0.1) is 0 Å². The van der Waals surface area contributed by atoms with Gasteiger partial charge in [0.15, 0.2) is 11.5 Å². The van der Waals surface area contributed by atoms with E-state index in [1.807, 2.05) is 24.3 Å². The predicted molar refractivity (Wildman–Crippen MR) is 105 cm³/mol. The van der Waals surface area contributed by atoms with Crippen LogP contribution < -0.4 is 24.8 Å². The van der Waals surface area contributed by atoms with Crippen LogP contribution in [0.25, 0.3) is 0 Å². The monoisotopic (exact) mass is 377 g/mol. The van der Waals surface area contributed by atoms with E-state index >= 15 is 0 Å². The molecule has 0 atom stereocenters. The Bertz CT molecular complexity index is 989. The largest absolute Gasteiger partial charge is 0.497 e. The average Bonchev–Trinajstić information content (AvgIpc) is 3.21. The average molecular weight is 377 g/mol. The minimum atomic E-state index is -0.228. The Hall–Kier alpha value is -3.74. The van der Waals surface area contributed by atoms with Crippen LogP contribution in [-0.2, 0) is 6.54 Å². The van der Waals surface area contributed by atoms with Crippen LogP contribution in [0.4, 0.5) is 11.5 Å². The molecule has 1 aliphatic heterocycles. The maximum Gasteiger partial charge on any atom is 0.255 e. The highest BCUT2D eigenvalue weighted by atomic mass is 16.7. The predicted octanol–water partition coefficient (Wildman–Crippen LogP) is 3.68. The number of ether oxygens (including phenoxy) is 3. The van der Waals surface area contributed by atoms with E-state index in [-0.39, 0.29) is 12.7 Å². The summed E-state index contributed by atoms with van der Waals surface area (Å²) in [7, 11) is 1.64. The Labute approximate surface area is 162 Å². The number of hydrogen-bond donors (Lipinski definition) is 2. The van der Waals surface area contributed by atoms with Crippen molar-refractivity contribution in [1.82, 2.24) is 4.98 Å². The molecule has 1 amide bonds. The topological polar surface area (TPSA) is 81.7 Å². The normalized spacial score (nSPS) is 11.8. The number of methoxy groups -OCH3 is 1. The van der Waals surface area contributed by atoms with Crippen LogP contribution in [-0.4, -0.2) is 24.8 Å². The SMILES string of the molecule is COc1ccc(CNc2cc(C(=O)Nc3ccc4c(c3)OCO4)ccn2)cc1. The van der Waals surface area contributed by atoms with Crippen molar-refractivity contribution >= 4 is 17.4 Å². The number of carbonyl (C=O) groups is 1. The number of anilines is 2. The van der Waals surface area contributed by atoms with Gasteiger partial charge in [-0.3, -0.25) is 4.79 Å². The summed E-state index contributed by atoms with van der Waals surface area (Å²) in [6.07, 6.45) is 1.60. The van der Waals surface area contributed by atoms with E-state index in [1.165, 1.54) is 0 Å². The summed E-state index contributed by atoms with van der Waals surface area (Å²) in [5.41, 5.74) is 2.22. The van der Waals surface area contributed by atoms with Crippen LogP contribution in [0.5, 0.6) is 17.2 Å². The quantitative estimate of drug-likeness (QED) is 0.682. The van der Waals surface area contributed by atoms with Gasteiger partial charge in [-0.05, 0) is 42.0 Å². The van der Waals surface area contributed by atoms with Crippen molar-refractivity contribution in [3.8, 4) is 17.2 Å². The first-order valence-corrected chi connectivity index (χ1v) is 8.75. The molecule has 1 aliphatic rings. The third-order valence-corrected chi connectivity index (χ3v) is 4.29. The lowest BCUT2D eigenvalue weighted by Crippen LogP contribution is -2.12. The van der Waals surface area contributed by atoms with Crippen molar-refractivity contribution in [3.63, 3.8) is 0 Å². The Morgan fingerprint density at radius 3 is 2.71 bits per heavy atom. The molecule has 0 saturated carbocycles. The van der Waals surface area contributed by atoms with Gasteiger partial charge in [0, 0.05) is 30.1 Å². The Balaban J connectivity index is 1.40. The van der Waals surface area contributed by atoms with Gasteiger partial charge in [-0.1, -0.05) is 12.1 Å². The van der Waals surface area contributed by atoms with Crippen LogP contribution in [0.3, 0.4) is 0 Å².